The van der Waals surface area contributed by atoms with Crippen molar-refractivity contribution in [2.24, 2.45) is 0 Å². The zero-order valence-corrected chi connectivity index (χ0v) is 10.4. The van der Waals surface area contributed by atoms with Crippen LogP contribution in [-0.2, 0) is 6.54 Å². The van der Waals surface area contributed by atoms with Crippen molar-refractivity contribution >= 4 is 11.8 Å². The third-order valence-electron chi connectivity index (χ3n) is 2.19. The summed E-state index contributed by atoms with van der Waals surface area (Å²) in [5.74, 6) is 0. The summed E-state index contributed by atoms with van der Waals surface area (Å²) in [7, 11) is 2.02. The van der Waals surface area contributed by atoms with Crippen molar-refractivity contribution in [1.82, 2.24) is 4.90 Å². The van der Waals surface area contributed by atoms with Gasteiger partial charge in [0.05, 0.1) is 6.10 Å². The van der Waals surface area contributed by atoms with Crippen LogP contribution in [0.1, 0.15) is 12.5 Å². The predicted molar refractivity (Wildman–Crippen MR) is 66.2 cm³/mol. The molecular weight excluding hydrogens is 206 g/mol. The molecule has 0 bridgehead atoms. The Morgan fingerprint density at radius 2 is 1.93 bits per heavy atom. The smallest absolute Gasteiger partial charge is 0.0639 e. The number of thioether (sulfide) groups is 1. The first-order valence-corrected chi connectivity index (χ1v) is 6.34. The largest absolute Gasteiger partial charge is 0.392 e. The van der Waals surface area contributed by atoms with E-state index in [2.05, 4.69) is 35.4 Å². The molecule has 0 amide bonds. The third-order valence-corrected chi connectivity index (χ3v) is 2.93. The average molecular weight is 225 g/mol. The molecule has 0 saturated heterocycles. The van der Waals surface area contributed by atoms with Gasteiger partial charge in [0, 0.05) is 18.0 Å². The molecule has 0 heterocycles. The maximum Gasteiger partial charge on any atom is 0.0639 e. The summed E-state index contributed by atoms with van der Waals surface area (Å²) >= 11 is 1.75. The predicted octanol–water partition coefficient (Wildman–Crippen LogP) is 2.22. The molecule has 1 N–H and O–H groups in total. The molecule has 0 spiro atoms. The fraction of sp³-hybridized carbons (Fsp3) is 0.500. The van der Waals surface area contributed by atoms with Gasteiger partial charge in [-0.15, -0.1) is 11.8 Å². The Kier molecular flexibility index (Phi) is 5.15. The van der Waals surface area contributed by atoms with E-state index in [1.807, 2.05) is 14.0 Å². The van der Waals surface area contributed by atoms with Gasteiger partial charge in [0.15, 0.2) is 0 Å². The zero-order chi connectivity index (χ0) is 11.3. The number of hydrogen-bond donors (Lipinski definition) is 1. The summed E-state index contributed by atoms with van der Waals surface area (Å²) < 4.78 is 0. The first-order chi connectivity index (χ1) is 7.11. The van der Waals surface area contributed by atoms with Gasteiger partial charge < -0.3 is 5.11 Å². The third kappa shape index (κ3) is 4.69. The van der Waals surface area contributed by atoms with Crippen LogP contribution in [0.2, 0.25) is 0 Å². The van der Waals surface area contributed by atoms with Gasteiger partial charge in [0.2, 0.25) is 0 Å². The van der Waals surface area contributed by atoms with Crippen LogP contribution in [0.25, 0.3) is 0 Å². The second-order valence-electron chi connectivity index (χ2n) is 3.89. The number of rotatable bonds is 5. The molecule has 1 rings (SSSR count). The topological polar surface area (TPSA) is 23.5 Å². The molecule has 1 atom stereocenters. The first kappa shape index (κ1) is 12.6. The quantitative estimate of drug-likeness (QED) is 0.777. The maximum atomic E-state index is 9.24. The zero-order valence-electron chi connectivity index (χ0n) is 9.60. The summed E-state index contributed by atoms with van der Waals surface area (Å²) in [6.45, 7) is 3.41. The number of likely N-dealkylation sites (N-methyl/N-ethyl adjacent to an activating group) is 1. The van der Waals surface area contributed by atoms with Crippen molar-refractivity contribution in [3.63, 3.8) is 0 Å². The van der Waals surface area contributed by atoms with Crippen LogP contribution >= 0.6 is 11.8 Å². The van der Waals surface area contributed by atoms with E-state index in [9.17, 15) is 5.11 Å². The van der Waals surface area contributed by atoms with Gasteiger partial charge in [-0.2, -0.15) is 0 Å². The van der Waals surface area contributed by atoms with Crippen molar-refractivity contribution in [3.05, 3.63) is 29.8 Å². The fourth-order valence-electron chi connectivity index (χ4n) is 1.56. The standard InChI is InChI=1S/C12H19NOS/c1-10(14)8-13(2)9-11-4-6-12(15-3)7-5-11/h4-7,10,14H,8-9H2,1-3H3. The Hall–Kier alpha value is -0.510. The molecule has 0 aliphatic rings. The highest BCUT2D eigenvalue weighted by Gasteiger charge is 2.03. The molecule has 1 aromatic rings. The Bertz CT molecular complexity index is 284. The van der Waals surface area contributed by atoms with Gasteiger partial charge >= 0.3 is 0 Å². The number of hydrogen-bond acceptors (Lipinski definition) is 3. The van der Waals surface area contributed by atoms with E-state index in [4.69, 9.17) is 0 Å². The minimum atomic E-state index is -0.263. The molecule has 0 aliphatic carbocycles. The summed E-state index contributed by atoms with van der Waals surface area (Å²) in [6, 6.07) is 8.56. The van der Waals surface area contributed by atoms with E-state index in [1.54, 1.807) is 11.8 Å². The first-order valence-electron chi connectivity index (χ1n) is 5.11. The van der Waals surface area contributed by atoms with E-state index in [1.165, 1.54) is 10.5 Å². The van der Waals surface area contributed by atoms with Crippen LogP contribution < -0.4 is 0 Å². The average Bonchev–Trinajstić information content (AvgIpc) is 2.17. The van der Waals surface area contributed by atoms with Crippen LogP contribution in [0.5, 0.6) is 0 Å². The Morgan fingerprint density at radius 1 is 1.33 bits per heavy atom. The maximum absolute atomic E-state index is 9.24. The summed E-state index contributed by atoms with van der Waals surface area (Å²) in [4.78, 5) is 3.41. The number of nitrogens with zero attached hydrogens (tertiary/aromatic N) is 1. The molecule has 0 radical (unpaired) electrons. The lowest BCUT2D eigenvalue weighted by molar-refractivity contribution is 0.138. The fourth-order valence-corrected chi connectivity index (χ4v) is 1.97. The van der Waals surface area contributed by atoms with E-state index in [-0.39, 0.29) is 6.10 Å². The van der Waals surface area contributed by atoms with E-state index in [0.29, 0.717) is 6.54 Å². The molecule has 0 aliphatic heterocycles. The van der Waals surface area contributed by atoms with Gasteiger partial charge in [-0.05, 0) is 37.9 Å². The van der Waals surface area contributed by atoms with Crippen molar-refractivity contribution in [1.29, 1.82) is 0 Å². The summed E-state index contributed by atoms with van der Waals surface area (Å²) in [6.07, 6.45) is 1.81. The van der Waals surface area contributed by atoms with E-state index >= 15 is 0 Å². The highest BCUT2D eigenvalue weighted by Crippen LogP contribution is 2.15. The minimum absolute atomic E-state index is 0.263. The van der Waals surface area contributed by atoms with Crippen molar-refractivity contribution in [3.8, 4) is 0 Å². The van der Waals surface area contributed by atoms with Gasteiger partial charge in [-0.25, -0.2) is 0 Å². The SMILES string of the molecule is CSc1ccc(CN(C)CC(C)O)cc1. The van der Waals surface area contributed by atoms with E-state index in [0.717, 1.165) is 6.54 Å². The lowest BCUT2D eigenvalue weighted by Crippen LogP contribution is -2.26. The molecule has 2 nitrogen and oxygen atoms in total. The molecule has 3 heteroatoms. The van der Waals surface area contributed by atoms with Gasteiger partial charge in [-0.1, -0.05) is 12.1 Å². The van der Waals surface area contributed by atoms with Crippen molar-refractivity contribution < 1.29 is 5.11 Å². The Morgan fingerprint density at radius 3 is 2.40 bits per heavy atom. The highest BCUT2D eigenvalue weighted by molar-refractivity contribution is 7.98. The normalized spacial score (nSPS) is 13.1. The van der Waals surface area contributed by atoms with Crippen LogP contribution in [0, 0.1) is 0 Å². The lowest BCUT2D eigenvalue weighted by Gasteiger charge is -2.18. The number of benzene rings is 1. The summed E-state index contributed by atoms with van der Waals surface area (Å²) in [5.41, 5.74) is 1.29. The number of aliphatic hydroxyl groups excluding tert-OH is 1. The second-order valence-corrected chi connectivity index (χ2v) is 4.77. The van der Waals surface area contributed by atoms with Gasteiger partial charge in [-0.3, -0.25) is 4.90 Å². The number of aliphatic hydroxyl groups is 1. The molecular formula is C12H19NOS. The lowest BCUT2D eigenvalue weighted by atomic mass is 10.2. The van der Waals surface area contributed by atoms with Crippen LogP contribution in [0.15, 0.2) is 29.2 Å². The molecule has 1 aromatic carbocycles. The van der Waals surface area contributed by atoms with Gasteiger partial charge in [0.25, 0.3) is 0 Å². The Balaban J connectivity index is 2.49. The van der Waals surface area contributed by atoms with Crippen LogP contribution in [0.3, 0.4) is 0 Å². The molecule has 0 saturated carbocycles. The minimum Gasteiger partial charge on any atom is -0.392 e. The van der Waals surface area contributed by atoms with Crippen LogP contribution in [-0.4, -0.2) is 36.0 Å². The highest BCUT2D eigenvalue weighted by atomic mass is 32.2. The molecule has 0 fully saturated rings. The molecule has 15 heavy (non-hydrogen) atoms. The van der Waals surface area contributed by atoms with E-state index < -0.39 is 0 Å². The van der Waals surface area contributed by atoms with Crippen molar-refractivity contribution in [2.75, 3.05) is 19.8 Å². The Labute approximate surface area is 96.3 Å². The molecule has 1 unspecified atom stereocenters. The van der Waals surface area contributed by atoms with Gasteiger partial charge in [0.1, 0.15) is 0 Å². The monoisotopic (exact) mass is 225 g/mol. The molecule has 84 valence electrons. The summed E-state index contributed by atoms with van der Waals surface area (Å²) in [5, 5.41) is 9.24. The van der Waals surface area contributed by atoms with Crippen LogP contribution in [0.4, 0.5) is 0 Å². The molecule has 0 aromatic heterocycles. The van der Waals surface area contributed by atoms with Crippen molar-refractivity contribution in [2.45, 2.75) is 24.5 Å². The second kappa shape index (κ2) is 6.16.